The highest BCUT2D eigenvalue weighted by Gasteiger charge is 2.19. The molecule has 3 N–H and O–H groups in total. The number of aromatic hydroxyl groups is 1. The molecule has 2 aromatic rings. The van der Waals surface area contributed by atoms with Crippen LogP contribution in [0.15, 0.2) is 34.8 Å². The molecule has 3 rings (SSSR count). The Labute approximate surface area is 151 Å². The minimum atomic E-state index is 0.177. The number of hydrogen-bond acceptors (Lipinski definition) is 6. The molecular formula is C17H23N5O2S. The fourth-order valence-corrected chi connectivity index (χ4v) is 3.52. The molecule has 1 aromatic carbocycles. The second-order valence-electron chi connectivity index (χ2n) is 5.75. The van der Waals surface area contributed by atoms with Gasteiger partial charge in [-0.3, -0.25) is 4.99 Å². The van der Waals surface area contributed by atoms with Crippen LogP contribution in [0.4, 0.5) is 5.13 Å². The topological polar surface area (TPSA) is 87.2 Å². The molecule has 25 heavy (non-hydrogen) atoms. The van der Waals surface area contributed by atoms with Gasteiger partial charge in [0.1, 0.15) is 0 Å². The molecule has 7 nitrogen and oxygen atoms in total. The zero-order valence-electron chi connectivity index (χ0n) is 14.3. The van der Waals surface area contributed by atoms with Gasteiger partial charge in [0.15, 0.2) is 22.6 Å². The number of hydrogen-bond donors (Lipinski definition) is 2. The van der Waals surface area contributed by atoms with E-state index in [-0.39, 0.29) is 5.75 Å². The summed E-state index contributed by atoms with van der Waals surface area (Å²) in [6.45, 7) is 3.97. The van der Waals surface area contributed by atoms with Gasteiger partial charge in [0, 0.05) is 44.3 Å². The number of aliphatic imine (C=N–C) groups is 1. The first-order valence-corrected chi connectivity index (χ1v) is 9.11. The first-order valence-electron chi connectivity index (χ1n) is 8.23. The minimum absolute atomic E-state index is 0.177. The molecule has 8 heteroatoms. The van der Waals surface area contributed by atoms with Crippen molar-refractivity contribution in [2.75, 3.05) is 44.7 Å². The van der Waals surface area contributed by atoms with Gasteiger partial charge >= 0.3 is 0 Å². The van der Waals surface area contributed by atoms with E-state index in [0.29, 0.717) is 24.7 Å². The van der Waals surface area contributed by atoms with Gasteiger partial charge in [-0.1, -0.05) is 12.1 Å². The number of thiazole rings is 1. The third-order valence-electron chi connectivity index (χ3n) is 4.25. The number of anilines is 1. The van der Waals surface area contributed by atoms with Crippen molar-refractivity contribution >= 4 is 22.4 Å². The number of para-hydroxylation sites is 1. The van der Waals surface area contributed by atoms with Crippen LogP contribution in [0.1, 0.15) is 5.56 Å². The van der Waals surface area contributed by atoms with Crippen LogP contribution < -0.4 is 15.4 Å². The summed E-state index contributed by atoms with van der Waals surface area (Å²) >= 11 is 1.66. The summed E-state index contributed by atoms with van der Waals surface area (Å²) in [6, 6.07) is 5.47. The molecule has 1 aliphatic rings. The fourth-order valence-electron chi connectivity index (χ4n) is 2.82. The number of nitrogens with zero attached hydrogens (tertiary/aromatic N) is 4. The number of rotatable bonds is 5. The Morgan fingerprint density at radius 1 is 1.36 bits per heavy atom. The number of nitrogens with two attached hydrogens (primary N) is 1. The minimum Gasteiger partial charge on any atom is -0.504 e. The van der Waals surface area contributed by atoms with E-state index in [4.69, 9.17) is 10.5 Å². The van der Waals surface area contributed by atoms with Crippen LogP contribution in [-0.2, 0) is 6.42 Å². The van der Waals surface area contributed by atoms with E-state index < -0.39 is 0 Å². The first kappa shape index (κ1) is 17.3. The van der Waals surface area contributed by atoms with Crippen LogP contribution in [0, 0.1) is 0 Å². The quantitative estimate of drug-likeness (QED) is 0.620. The van der Waals surface area contributed by atoms with E-state index >= 15 is 0 Å². The molecule has 0 spiro atoms. The van der Waals surface area contributed by atoms with Crippen molar-refractivity contribution < 1.29 is 9.84 Å². The first-order chi connectivity index (χ1) is 12.2. The Morgan fingerprint density at radius 2 is 2.16 bits per heavy atom. The van der Waals surface area contributed by atoms with E-state index in [9.17, 15) is 5.11 Å². The van der Waals surface area contributed by atoms with E-state index in [2.05, 4.69) is 19.8 Å². The fraction of sp³-hybridized carbons (Fsp3) is 0.412. The lowest BCUT2D eigenvalue weighted by Crippen LogP contribution is -2.51. The molecule has 2 heterocycles. The summed E-state index contributed by atoms with van der Waals surface area (Å²) in [5.74, 6) is 1.21. The van der Waals surface area contributed by atoms with Crippen molar-refractivity contribution in [3.63, 3.8) is 0 Å². The van der Waals surface area contributed by atoms with Gasteiger partial charge in [-0.05, 0) is 18.1 Å². The second-order valence-corrected chi connectivity index (χ2v) is 6.62. The van der Waals surface area contributed by atoms with Gasteiger partial charge in [-0.2, -0.15) is 0 Å². The van der Waals surface area contributed by atoms with Crippen molar-refractivity contribution in [3.8, 4) is 11.5 Å². The van der Waals surface area contributed by atoms with Gasteiger partial charge in [-0.25, -0.2) is 4.98 Å². The molecule has 0 amide bonds. The SMILES string of the molecule is COc1cccc(CCN=C(N)N2CCN(c3nccs3)CC2)c1O. The van der Waals surface area contributed by atoms with Crippen molar-refractivity contribution in [2.24, 2.45) is 10.7 Å². The van der Waals surface area contributed by atoms with E-state index in [0.717, 1.165) is 36.9 Å². The molecular weight excluding hydrogens is 338 g/mol. The third-order valence-corrected chi connectivity index (χ3v) is 5.08. The van der Waals surface area contributed by atoms with Gasteiger partial charge in [0.05, 0.1) is 7.11 Å². The van der Waals surface area contributed by atoms with Gasteiger partial charge in [0.2, 0.25) is 0 Å². The smallest absolute Gasteiger partial charge is 0.191 e. The van der Waals surface area contributed by atoms with Gasteiger partial charge < -0.3 is 25.4 Å². The lowest BCUT2D eigenvalue weighted by atomic mass is 10.1. The lowest BCUT2D eigenvalue weighted by molar-refractivity contribution is 0.370. The van der Waals surface area contributed by atoms with Crippen molar-refractivity contribution in [2.45, 2.75) is 6.42 Å². The number of ether oxygens (including phenoxy) is 1. The number of methoxy groups -OCH3 is 1. The zero-order valence-corrected chi connectivity index (χ0v) is 15.1. The molecule has 0 radical (unpaired) electrons. The summed E-state index contributed by atoms with van der Waals surface area (Å²) in [5.41, 5.74) is 6.94. The largest absolute Gasteiger partial charge is 0.504 e. The normalized spacial score (nSPS) is 15.5. The van der Waals surface area contributed by atoms with Crippen LogP contribution in [0.5, 0.6) is 11.5 Å². The highest BCUT2D eigenvalue weighted by molar-refractivity contribution is 7.13. The lowest BCUT2D eigenvalue weighted by Gasteiger charge is -2.35. The van der Waals surface area contributed by atoms with Crippen molar-refractivity contribution in [3.05, 3.63) is 35.3 Å². The standard InChI is InChI=1S/C17H23N5O2S/c1-24-14-4-2-3-13(15(14)23)5-6-19-16(18)21-8-10-22(11-9-21)17-20-7-12-25-17/h2-4,7,12,23H,5-6,8-11H2,1H3,(H2,18,19). The van der Waals surface area contributed by atoms with Gasteiger partial charge in [0.25, 0.3) is 0 Å². The van der Waals surface area contributed by atoms with Crippen LogP contribution in [0.3, 0.4) is 0 Å². The molecule has 1 aromatic heterocycles. The average molecular weight is 361 g/mol. The summed E-state index contributed by atoms with van der Waals surface area (Å²) in [4.78, 5) is 13.2. The molecule has 0 saturated carbocycles. The highest BCUT2D eigenvalue weighted by atomic mass is 32.1. The molecule has 0 bridgehead atoms. The molecule has 0 aliphatic carbocycles. The van der Waals surface area contributed by atoms with Gasteiger partial charge in [-0.15, -0.1) is 11.3 Å². The predicted octanol–water partition coefficient (Wildman–Crippen LogP) is 1.54. The van der Waals surface area contributed by atoms with E-state index in [1.165, 1.54) is 0 Å². The maximum absolute atomic E-state index is 10.1. The number of piperazine rings is 1. The summed E-state index contributed by atoms with van der Waals surface area (Å²) in [7, 11) is 1.54. The molecule has 0 unspecified atom stereocenters. The maximum atomic E-state index is 10.1. The Balaban J connectivity index is 1.51. The zero-order chi connectivity index (χ0) is 17.6. The van der Waals surface area contributed by atoms with Crippen molar-refractivity contribution in [1.82, 2.24) is 9.88 Å². The summed E-state index contributed by atoms with van der Waals surface area (Å²) in [5, 5.41) is 13.1. The number of phenols is 1. The molecule has 0 atom stereocenters. The Morgan fingerprint density at radius 3 is 2.84 bits per heavy atom. The van der Waals surface area contributed by atoms with Crippen molar-refractivity contribution in [1.29, 1.82) is 0 Å². The summed E-state index contributed by atoms with van der Waals surface area (Å²) in [6.07, 6.45) is 2.44. The molecule has 1 saturated heterocycles. The average Bonchev–Trinajstić information content (AvgIpc) is 3.18. The van der Waals surface area contributed by atoms with E-state index in [1.54, 1.807) is 24.5 Å². The second kappa shape index (κ2) is 8.06. The Kier molecular flexibility index (Phi) is 5.60. The van der Waals surface area contributed by atoms with Crippen LogP contribution in [0.25, 0.3) is 0 Å². The number of guanidine groups is 1. The predicted molar refractivity (Wildman–Crippen MR) is 101 cm³/mol. The third kappa shape index (κ3) is 4.14. The number of benzene rings is 1. The monoisotopic (exact) mass is 361 g/mol. The van der Waals surface area contributed by atoms with Crippen LogP contribution >= 0.6 is 11.3 Å². The Hall–Kier alpha value is -2.48. The molecule has 1 aliphatic heterocycles. The van der Waals surface area contributed by atoms with E-state index in [1.807, 2.05) is 23.7 Å². The number of aromatic nitrogens is 1. The summed E-state index contributed by atoms with van der Waals surface area (Å²) < 4.78 is 5.12. The molecule has 134 valence electrons. The van der Waals surface area contributed by atoms with Crippen LogP contribution in [0.2, 0.25) is 0 Å². The van der Waals surface area contributed by atoms with Crippen LogP contribution in [-0.4, -0.2) is 60.8 Å². The number of phenolic OH excluding ortho intramolecular Hbond substituents is 1. The maximum Gasteiger partial charge on any atom is 0.191 e. The Bertz CT molecular complexity index is 712. The molecule has 1 fully saturated rings. The highest BCUT2D eigenvalue weighted by Crippen LogP contribution is 2.29.